The molecule has 6 nitrogen and oxygen atoms in total. The summed E-state index contributed by atoms with van der Waals surface area (Å²) >= 11 is 1.71. The first-order chi connectivity index (χ1) is 11.6. The maximum atomic E-state index is 11.5. The minimum absolute atomic E-state index is 0.0286. The van der Waals surface area contributed by atoms with Crippen molar-refractivity contribution in [2.75, 3.05) is 19.8 Å². The molecule has 24 heavy (non-hydrogen) atoms. The fourth-order valence-electron chi connectivity index (χ4n) is 2.45. The highest BCUT2D eigenvalue weighted by Gasteiger charge is 2.09. The normalized spacial score (nSPS) is 20.5. The molecule has 0 aromatic carbocycles. The van der Waals surface area contributed by atoms with E-state index in [2.05, 4.69) is 17.5 Å². The van der Waals surface area contributed by atoms with Crippen LogP contribution in [0.3, 0.4) is 0 Å². The fraction of sp³-hybridized carbons (Fsp3) is 0.765. The number of alkyl carbamates (subject to hydrolysis) is 1. The molecule has 1 amide bonds. The second-order valence-electron chi connectivity index (χ2n) is 5.94. The van der Waals surface area contributed by atoms with Crippen LogP contribution < -0.4 is 11.1 Å². The third-order valence-electron chi connectivity index (χ3n) is 3.86. The SMILES string of the molecule is NC(CCCCNC(=O)OCCOC1/C=C/CCCCC1)C(=O)I. The Bertz CT molecular complexity index is 404. The zero-order valence-corrected chi connectivity index (χ0v) is 16.3. The van der Waals surface area contributed by atoms with E-state index in [1.807, 2.05) is 0 Å². The molecular weight excluding hydrogens is 423 g/mol. The summed E-state index contributed by atoms with van der Waals surface area (Å²) < 4.78 is 10.8. The number of rotatable bonds is 10. The highest BCUT2D eigenvalue weighted by atomic mass is 127. The molecule has 2 atom stereocenters. The van der Waals surface area contributed by atoms with E-state index in [-0.39, 0.29) is 16.5 Å². The van der Waals surface area contributed by atoms with Crippen LogP contribution in [-0.2, 0) is 14.3 Å². The van der Waals surface area contributed by atoms with Crippen molar-refractivity contribution in [2.24, 2.45) is 5.73 Å². The second-order valence-corrected chi connectivity index (χ2v) is 7.01. The van der Waals surface area contributed by atoms with Crippen molar-refractivity contribution in [2.45, 2.75) is 63.5 Å². The van der Waals surface area contributed by atoms with Crippen LogP contribution in [0.2, 0.25) is 0 Å². The fourth-order valence-corrected chi connectivity index (χ4v) is 2.76. The molecule has 0 fully saturated rings. The number of unbranched alkanes of at least 4 members (excludes halogenated alkanes) is 1. The summed E-state index contributed by atoms with van der Waals surface area (Å²) in [7, 11) is 0. The Kier molecular flexibility index (Phi) is 12.1. The van der Waals surface area contributed by atoms with Crippen molar-refractivity contribution >= 4 is 32.5 Å². The van der Waals surface area contributed by atoms with E-state index in [0.717, 1.165) is 25.7 Å². The third-order valence-corrected chi connectivity index (χ3v) is 4.66. The Labute approximate surface area is 158 Å². The van der Waals surface area contributed by atoms with E-state index in [0.29, 0.717) is 19.6 Å². The molecule has 3 N–H and O–H groups in total. The summed E-state index contributed by atoms with van der Waals surface area (Å²) in [6.45, 7) is 1.19. The average Bonchev–Trinajstić information content (AvgIpc) is 2.52. The topological polar surface area (TPSA) is 90.7 Å². The van der Waals surface area contributed by atoms with Crippen LogP contribution in [0.15, 0.2) is 12.2 Å². The summed E-state index contributed by atoms with van der Waals surface area (Å²) in [6, 6.07) is -0.406. The maximum Gasteiger partial charge on any atom is 0.407 e. The van der Waals surface area contributed by atoms with E-state index in [1.165, 1.54) is 19.3 Å². The molecular formula is C17H29IN2O4. The van der Waals surface area contributed by atoms with Gasteiger partial charge in [0.15, 0.2) is 0 Å². The summed E-state index contributed by atoms with van der Waals surface area (Å²) in [5, 5.41) is 2.68. The van der Waals surface area contributed by atoms with Gasteiger partial charge in [-0.25, -0.2) is 4.79 Å². The standard InChI is InChI=1S/C17H29IN2O4/c18-16(21)15(19)10-6-7-11-20-17(22)24-13-12-23-14-8-4-2-1-3-5-9-14/h4,8,14-15H,1-3,5-7,9-13,19H2,(H,20,22)/b8-4+. The average molecular weight is 452 g/mol. The van der Waals surface area contributed by atoms with Gasteiger partial charge in [0.05, 0.1) is 18.8 Å². The van der Waals surface area contributed by atoms with Crippen LogP contribution in [-0.4, -0.2) is 41.8 Å². The van der Waals surface area contributed by atoms with Crippen LogP contribution >= 0.6 is 22.6 Å². The Hall–Kier alpha value is -0.670. The molecule has 0 aliphatic heterocycles. The molecule has 138 valence electrons. The lowest BCUT2D eigenvalue weighted by molar-refractivity contribution is -0.110. The lowest BCUT2D eigenvalue weighted by Crippen LogP contribution is -2.28. The maximum absolute atomic E-state index is 11.5. The summed E-state index contributed by atoms with van der Waals surface area (Å²) in [5.41, 5.74) is 5.63. The van der Waals surface area contributed by atoms with Crippen LogP contribution in [0.4, 0.5) is 4.79 Å². The highest BCUT2D eigenvalue weighted by molar-refractivity contribution is 14.1. The number of hydrogen-bond donors (Lipinski definition) is 2. The Morgan fingerprint density at radius 1 is 1.25 bits per heavy atom. The third kappa shape index (κ3) is 11.0. The number of amides is 1. The van der Waals surface area contributed by atoms with E-state index >= 15 is 0 Å². The first kappa shape index (κ1) is 21.4. The van der Waals surface area contributed by atoms with Gasteiger partial charge >= 0.3 is 6.09 Å². The van der Waals surface area contributed by atoms with Gasteiger partial charge in [0, 0.05) is 29.1 Å². The number of halogens is 1. The Morgan fingerprint density at radius 3 is 2.88 bits per heavy atom. The van der Waals surface area contributed by atoms with E-state index in [9.17, 15) is 9.59 Å². The number of ether oxygens (including phenoxy) is 2. The number of nitrogens with two attached hydrogens (primary N) is 1. The number of carbonyl (C=O) groups excluding carboxylic acids is 2. The van der Waals surface area contributed by atoms with Gasteiger partial charge in [-0.3, -0.25) is 4.79 Å². The number of hydrogen-bond acceptors (Lipinski definition) is 5. The zero-order chi connectivity index (χ0) is 17.6. The molecule has 0 radical (unpaired) electrons. The number of nitrogens with one attached hydrogen (secondary N) is 1. The summed E-state index contributed by atoms with van der Waals surface area (Å²) in [5.74, 6) is 0. The first-order valence-electron chi connectivity index (χ1n) is 8.73. The molecule has 0 aromatic rings. The zero-order valence-electron chi connectivity index (χ0n) is 14.2. The van der Waals surface area contributed by atoms with E-state index < -0.39 is 12.1 Å². The van der Waals surface area contributed by atoms with Gasteiger partial charge in [0.25, 0.3) is 0 Å². The van der Waals surface area contributed by atoms with Crippen molar-refractivity contribution < 1.29 is 19.1 Å². The first-order valence-corrected chi connectivity index (χ1v) is 9.81. The predicted octanol–water partition coefficient (Wildman–Crippen LogP) is 3.08. The van der Waals surface area contributed by atoms with Gasteiger partial charge in [0.2, 0.25) is 3.79 Å². The van der Waals surface area contributed by atoms with Crippen LogP contribution in [0.25, 0.3) is 0 Å². The molecule has 0 saturated carbocycles. The van der Waals surface area contributed by atoms with E-state index in [1.54, 1.807) is 22.6 Å². The van der Waals surface area contributed by atoms with Gasteiger partial charge in [-0.15, -0.1) is 0 Å². The molecule has 0 bridgehead atoms. The number of allylic oxidation sites excluding steroid dienone is 1. The minimum atomic E-state index is -0.430. The minimum Gasteiger partial charge on any atom is -0.447 e. The quantitative estimate of drug-likeness (QED) is 0.230. The highest BCUT2D eigenvalue weighted by Crippen LogP contribution is 2.14. The molecule has 0 saturated heterocycles. The molecule has 2 unspecified atom stereocenters. The predicted molar refractivity (Wildman–Crippen MR) is 102 cm³/mol. The van der Waals surface area contributed by atoms with Crippen molar-refractivity contribution in [3.05, 3.63) is 12.2 Å². The summed E-state index contributed by atoms with van der Waals surface area (Å²) in [6.07, 6.45) is 12.1. The van der Waals surface area contributed by atoms with Gasteiger partial charge in [0.1, 0.15) is 6.61 Å². The Morgan fingerprint density at radius 2 is 2.08 bits per heavy atom. The lowest BCUT2D eigenvalue weighted by Gasteiger charge is -2.16. The van der Waals surface area contributed by atoms with Gasteiger partial charge in [-0.2, -0.15) is 0 Å². The molecule has 1 aliphatic rings. The molecule has 1 rings (SSSR count). The molecule has 1 aliphatic carbocycles. The van der Waals surface area contributed by atoms with Crippen LogP contribution in [0.1, 0.15) is 51.4 Å². The van der Waals surface area contributed by atoms with E-state index in [4.69, 9.17) is 15.2 Å². The van der Waals surface area contributed by atoms with Gasteiger partial charge in [-0.05, 0) is 38.5 Å². The molecule has 0 heterocycles. The number of carbonyl (C=O) groups is 2. The smallest absolute Gasteiger partial charge is 0.407 e. The molecule has 0 spiro atoms. The lowest BCUT2D eigenvalue weighted by atomic mass is 10.0. The molecule has 0 aromatic heterocycles. The van der Waals surface area contributed by atoms with Crippen molar-refractivity contribution in [1.82, 2.24) is 5.32 Å². The Balaban J connectivity index is 1.97. The van der Waals surface area contributed by atoms with Gasteiger partial charge < -0.3 is 20.5 Å². The largest absolute Gasteiger partial charge is 0.447 e. The second kappa shape index (κ2) is 13.6. The van der Waals surface area contributed by atoms with Crippen molar-refractivity contribution in [1.29, 1.82) is 0 Å². The van der Waals surface area contributed by atoms with Crippen molar-refractivity contribution in [3.63, 3.8) is 0 Å². The molecule has 7 heteroatoms. The van der Waals surface area contributed by atoms with Crippen LogP contribution in [0, 0.1) is 0 Å². The monoisotopic (exact) mass is 452 g/mol. The van der Waals surface area contributed by atoms with Gasteiger partial charge in [-0.1, -0.05) is 25.0 Å². The van der Waals surface area contributed by atoms with Crippen molar-refractivity contribution in [3.8, 4) is 0 Å². The summed E-state index contributed by atoms with van der Waals surface area (Å²) in [4.78, 5) is 22.5. The van der Waals surface area contributed by atoms with Crippen LogP contribution in [0.5, 0.6) is 0 Å².